The number of carbonyl (C=O) groups is 1. The summed E-state index contributed by atoms with van der Waals surface area (Å²) in [6.07, 6.45) is 10.3. The monoisotopic (exact) mass is 411 g/mol. The maximum absolute atomic E-state index is 13.8. The van der Waals surface area contributed by atoms with Crippen LogP contribution in [0, 0.1) is 6.92 Å². The van der Waals surface area contributed by atoms with Gasteiger partial charge in [0.2, 0.25) is 0 Å². The lowest BCUT2D eigenvalue weighted by Crippen LogP contribution is -2.37. The Labute approximate surface area is 181 Å². The fourth-order valence-electron chi connectivity index (χ4n) is 4.48. The normalized spacial score (nSPS) is 16.2. The number of amides is 1. The molecule has 6 heteroatoms. The van der Waals surface area contributed by atoms with Crippen molar-refractivity contribution in [1.82, 2.24) is 24.6 Å². The summed E-state index contributed by atoms with van der Waals surface area (Å²) in [4.78, 5) is 24.9. The molecule has 156 valence electrons. The topological polar surface area (TPSA) is 63.9 Å². The van der Waals surface area contributed by atoms with Gasteiger partial charge < -0.3 is 4.90 Å². The number of hydrogen-bond donors (Lipinski definition) is 0. The molecular formula is C25H25N5O. The van der Waals surface area contributed by atoms with E-state index in [0.29, 0.717) is 5.56 Å². The number of benzene rings is 1. The van der Waals surface area contributed by atoms with Gasteiger partial charge >= 0.3 is 0 Å². The molecule has 0 radical (unpaired) electrons. The van der Waals surface area contributed by atoms with Crippen molar-refractivity contribution in [3.05, 3.63) is 77.9 Å². The van der Waals surface area contributed by atoms with Crippen molar-refractivity contribution < 1.29 is 4.79 Å². The molecule has 4 heterocycles. The van der Waals surface area contributed by atoms with Crippen LogP contribution in [0.5, 0.6) is 0 Å². The Balaban J connectivity index is 1.56. The van der Waals surface area contributed by atoms with Crippen molar-refractivity contribution in [3.63, 3.8) is 0 Å². The van der Waals surface area contributed by atoms with E-state index in [2.05, 4.69) is 22.2 Å². The molecule has 1 aromatic carbocycles. The summed E-state index contributed by atoms with van der Waals surface area (Å²) in [5, 5.41) is 5.18. The smallest absolute Gasteiger partial charge is 0.254 e. The zero-order valence-corrected chi connectivity index (χ0v) is 17.8. The highest BCUT2D eigenvalue weighted by molar-refractivity contribution is 6.07. The van der Waals surface area contributed by atoms with Crippen molar-refractivity contribution in [2.24, 2.45) is 7.05 Å². The van der Waals surface area contributed by atoms with Crippen LogP contribution in [0.25, 0.3) is 22.2 Å². The molecule has 1 fully saturated rings. The molecule has 0 spiro atoms. The first-order chi connectivity index (χ1) is 15.1. The fourth-order valence-corrected chi connectivity index (χ4v) is 4.48. The maximum atomic E-state index is 13.8. The van der Waals surface area contributed by atoms with Gasteiger partial charge in [-0.1, -0.05) is 17.7 Å². The Morgan fingerprint density at radius 2 is 2.10 bits per heavy atom. The van der Waals surface area contributed by atoms with Crippen molar-refractivity contribution in [2.75, 3.05) is 6.54 Å². The van der Waals surface area contributed by atoms with Crippen LogP contribution in [0.15, 0.2) is 61.2 Å². The van der Waals surface area contributed by atoms with Gasteiger partial charge in [0.1, 0.15) is 0 Å². The highest BCUT2D eigenvalue weighted by atomic mass is 16.2. The van der Waals surface area contributed by atoms with Crippen LogP contribution in [0.2, 0.25) is 0 Å². The van der Waals surface area contributed by atoms with E-state index in [1.54, 1.807) is 17.1 Å². The summed E-state index contributed by atoms with van der Waals surface area (Å²) >= 11 is 0. The lowest BCUT2D eigenvalue weighted by atomic mass is 10.0. The third kappa shape index (κ3) is 3.81. The molecule has 1 aliphatic heterocycles. The number of pyridine rings is 2. The van der Waals surface area contributed by atoms with E-state index < -0.39 is 0 Å². The quantitative estimate of drug-likeness (QED) is 0.505. The van der Waals surface area contributed by atoms with E-state index in [4.69, 9.17) is 4.98 Å². The SMILES string of the molecule is Cc1ccc2nc(-c3cnn(C)c3)cc(C(=O)N3CCC[C@@H]3Cc3cccnc3)c2c1. The lowest BCUT2D eigenvalue weighted by Gasteiger charge is -2.25. The standard InChI is InChI=1S/C25H25N5O/c1-17-7-8-23-21(11-17)22(13-24(28-23)19-15-27-29(2)16-19)25(31)30-10-4-6-20(30)12-18-5-3-9-26-14-18/h3,5,7-9,11,13-16,20H,4,6,10,12H2,1-2H3/t20-/m1/s1. The summed E-state index contributed by atoms with van der Waals surface area (Å²) in [6.45, 7) is 2.82. The number of fused-ring (bicyclic) bond motifs is 1. The van der Waals surface area contributed by atoms with Gasteiger partial charge in [-0.2, -0.15) is 5.10 Å². The maximum Gasteiger partial charge on any atom is 0.254 e. The van der Waals surface area contributed by atoms with Crippen LogP contribution in [0.4, 0.5) is 0 Å². The second-order valence-electron chi connectivity index (χ2n) is 8.34. The van der Waals surface area contributed by atoms with Crippen molar-refractivity contribution in [3.8, 4) is 11.3 Å². The minimum Gasteiger partial charge on any atom is -0.335 e. The molecule has 1 amide bonds. The van der Waals surface area contributed by atoms with Gasteiger partial charge in [-0.25, -0.2) is 4.98 Å². The van der Waals surface area contributed by atoms with Crippen LogP contribution in [0.1, 0.15) is 34.3 Å². The van der Waals surface area contributed by atoms with Gasteiger partial charge in [0.25, 0.3) is 5.91 Å². The largest absolute Gasteiger partial charge is 0.335 e. The molecule has 31 heavy (non-hydrogen) atoms. The summed E-state index contributed by atoms with van der Waals surface area (Å²) in [7, 11) is 1.88. The average Bonchev–Trinajstić information content (AvgIpc) is 3.42. The van der Waals surface area contributed by atoms with Crippen LogP contribution in [-0.4, -0.2) is 43.1 Å². The van der Waals surface area contributed by atoms with Crippen LogP contribution >= 0.6 is 0 Å². The summed E-state index contributed by atoms with van der Waals surface area (Å²) in [5.74, 6) is 0.0783. The molecular weight excluding hydrogens is 386 g/mol. The summed E-state index contributed by atoms with van der Waals surface area (Å²) in [5.41, 5.74) is 5.51. The summed E-state index contributed by atoms with van der Waals surface area (Å²) in [6, 6.07) is 12.3. The zero-order chi connectivity index (χ0) is 21.4. The predicted octanol–water partition coefficient (Wildman–Crippen LogP) is 4.19. The highest BCUT2D eigenvalue weighted by Crippen LogP contribution is 2.29. The molecule has 6 nitrogen and oxygen atoms in total. The molecule has 1 aliphatic rings. The van der Waals surface area contributed by atoms with Gasteiger partial charge in [0, 0.05) is 49.2 Å². The average molecular weight is 412 g/mol. The lowest BCUT2D eigenvalue weighted by molar-refractivity contribution is 0.0738. The second kappa shape index (κ2) is 7.95. The number of aryl methyl sites for hydroxylation is 2. The fraction of sp³-hybridized carbons (Fsp3) is 0.280. The minimum absolute atomic E-state index is 0.0783. The van der Waals surface area contributed by atoms with Crippen molar-refractivity contribution in [2.45, 2.75) is 32.2 Å². The van der Waals surface area contributed by atoms with E-state index in [-0.39, 0.29) is 11.9 Å². The first kappa shape index (κ1) is 19.4. The number of aromatic nitrogens is 4. The third-order valence-corrected chi connectivity index (χ3v) is 6.03. The van der Waals surface area contributed by atoms with Crippen LogP contribution in [0.3, 0.4) is 0 Å². The Kier molecular flexibility index (Phi) is 4.98. The number of likely N-dealkylation sites (tertiary alicyclic amines) is 1. The predicted molar refractivity (Wildman–Crippen MR) is 121 cm³/mol. The Morgan fingerprint density at radius 1 is 1.19 bits per heavy atom. The van der Waals surface area contributed by atoms with E-state index in [9.17, 15) is 4.79 Å². The summed E-state index contributed by atoms with van der Waals surface area (Å²) < 4.78 is 1.75. The van der Waals surface area contributed by atoms with E-state index in [1.165, 1.54) is 5.56 Å². The second-order valence-corrected chi connectivity index (χ2v) is 8.34. The number of nitrogens with zero attached hydrogens (tertiary/aromatic N) is 5. The van der Waals surface area contributed by atoms with E-state index >= 15 is 0 Å². The molecule has 1 saturated heterocycles. The van der Waals surface area contributed by atoms with Gasteiger partial charge in [-0.3, -0.25) is 14.5 Å². The van der Waals surface area contributed by atoms with Gasteiger partial charge in [0.15, 0.2) is 0 Å². The molecule has 0 unspecified atom stereocenters. The minimum atomic E-state index is 0.0783. The molecule has 4 aromatic rings. The van der Waals surface area contributed by atoms with E-state index in [0.717, 1.165) is 53.5 Å². The van der Waals surface area contributed by atoms with Gasteiger partial charge in [0.05, 0.1) is 23.0 Å². The zero-order valence-electron chi connectivity index (χ0n) is 17.8. The first-order valence-corrected chi connectivity index (χ1v) is 10.7. The molecule has 3 aromatic heterocycles. The first-order valence-electron chi connectivity index (χ1n) is 10.7. The van der Waals surface area contributed by atoms with Crippen molar-refractivity contribution in [1.29, 1.82) is 0 Å². The molecule has 5 rings (SSSR count). The third-order valence-electron chi connectivity index (χ3n) is 6.03. The van der Waals surface area contributed by atoms with Crippen molar-refractivity contribution >= 4 is 16.8 Å². The Hall–Kier alpha value is -3.54. The van der Waals surface area contributed by atoms with Gasteiger partial charge in [-0.05, 0) is 56.0 Å². The Morgan fingerprint density at radius 3 is 2.87 bits per heavy atom. The van der Waals surface area contributed by atoms with E-state index in [1.807, 2.05) is 55.5 Å². The van der Waals surface area contributed by atoms with Crippen LogP contribution < -0.4 is 0 Å². The number of hydrogen-bond acceptors (Lipinski definition) is 4. The molecule has 0 bridgehead atoms. The van der Waals surface area contributed by atoms with Gasteiger partial charge in [-0.15, -0.1) is 0 Å². The van der Waals surface area contributed by atoms with Crippen LogP contribution in [-0.2, 0) is 13.5 Å². The Bertz CT molecular complexity index is 1250. The molecule has 1 atom stereocenters. The number of rotatable bonds is 4. The highest BCUT2D eigenvalue weighted by Gasteiger charge is 2.31. The molecule has 0 aliphatic carbocycles. The molecule has 0 saturated carbocycles. The number of carbonyl (C=O) groups excluding carboxylic acids is 1. The molecule has 0 N–H and O–H groups in total.